The summed E-state index contributed by atoms with van der Waals surface area (Å²) in [5, 5.41) is 33.7. The van der Waals surface area contributed by atoms with E-state index in [1.54, 1.807) is 29.5 Å². The number of hydrogen-bond acceptors (Lipinski definition) is 10. The molecule has 0 aromatic heterocycles. The Morgan fingerprint density at radius 1 is 0.667 bits per heavy atom. The molecule has 0 aliphatic rings. The van der Waals surface area contributed by atoms with Gasteiger partial charge in [-0.2, -0.15) is 0 Å². The molecule has 0 aromatic rings. The number of nitrogens with one attached hydrogen (secondary N) is 3. The number of amides is 1. The SMILES string of the molecule is C[C@H](N)C(=O)SN[C@@H](CCCCNC(=O)CC[C@H](NC(O)CCCCCCCCCCCCCCCCCCC(=O)O)C(=O)O)C(=O)I. The van der Waals surface area contributed by atoms with Gasteiger partial charge >= 0.3 is 11.9 Å². The molecule has 0 heterocycles. The summed E-state index contributed by atoms with van der Waals surface area (Å²) in [6, 6.07) is -2.14. The van der Waals surface area contributed by atoms with E-state index in [4.69, 9.17) is 10.8 Å². The second-order valence-corrected chi connectivity index (χ2v) is 14.6. The van der Waals surface area contributed by atoms with Crippen LogP contribution in [0.1, 0.15) is 155 Å². The van der Waals surface area contributed by atoms with Gasteiger partial charge < -0.3 is 26.4 Å². The monoisotopic (exact) mass is 814 g/mol. The topological polar surface area (TPSA) is 208 Å². The summed E-state index contributed by atoms with van der Waals surface area (Å²) in [5.41, 5.74) is 5.53. The maximum Gasteiger partial charge on any atom is 0.320 e. The van der Waals surface area contributed by atoms with Gasteiger partial charge in [0.05, 0.1) is 12.1 Å². The van der Waals surface area contributed by atoms with Crippen LogP contribution >= 0.6 is 34.5 Å². The average molecular weight is 815 g/mol. The van der Waals surface area contributed by atoms with Crippen LogP contribution in [0.25, 0.3) is 0 Å². The lowest BCUT2D eigenvalue weighted by molar-refractivity contribution is -0.141. The number of unbranched alkanes of at least 4 members (excludes halogenated alkanes) is 16. The van der Waals surface area contributed by atoms with Crippen molar-refractivity contribution in [3.05, 3.63) is 0 Å². The Bertz CT molecular complexity index is 899. The van der Waals surface area contributed by atoms with Crippen molar-refractivity contribution in [3.63, 3.8) is 0 Å². The third kappa shape index (κ3) is 29.6. The second-order valence-electron chi connectivity index (χ2n) is 12.7. The standard InChI is InChI=1S/C34H63IN4O8S/c1-26(36)34(47)48-39-27(32(35)44)20-18-19-25-37-29(40)24-23-28(33(45)46)38-30(41)21-16-14-12-10-8-6-4-2-3-5-7-9-11-13-15-17-22-31(42)43/h26-28,30,38-39,41H,2-25,36H2,1H3,(H,37,40)(H,42,43)(H,45,46)/t26-,27-,28-,30?/m0/s1. The molecule has 1 amide bonds. The van der Waals surface area contributed by atoms with E-state index < -0.39 is 36.3 Å². The summed E-state index contributed by atoms with van der Waals surface area (Å²) >= 11 is 2.52. The third-order valence-electron chi connectivity index (χ3n) is 8.16. The second kappa shape index (κ2) is 31.6. The van der Waals surface area contributed by atoms with Crippen LogP contribution < -0.4 is 21.1 Å². The largest absolute Gasteiger partial charge is 0.481 e. The van der Waals surface area contributed by atoms with Gasteiger partial charge in [0.2, 0.25) is 14.8 Å². The lowest BCUT2D eigenvalue weighted by Gasteiger charge is -2.19. The van der Waals surface area contributed by atoms with E-state index in [0.29, 0.717) is 32.2 Å². The average Bonchev–Trinajstić information content (AvgIpc) is 3.02. The van der Waals surface area contributed by atoms with Crippen LogP contribution in [0.4, 0.5) is 0 Å². The molecule has 4 atom stereocenters. The minimum atomic E-state index is -1.10. The molecule has 0 aromatic carbocycles. The Labute approximate surface area is 305 Å². The third-order valence-corrected chi connectivity index (χ3v) is 9.89. The maximum absolute atomic E-state index is 12.2. The zero-order valence-corrected chi connectivity index (χ0v) is 32.0. The summed E-state index contributed by atoms with van der Waals surface area (Å²) in [6.45, 7) is 1.97. The molecule has 0 fully saturated rings. The van der Waals surface area contributed by atoms with Gasteiger partial charge in [-0.25, -0.2) is 4.72 Å². The fourth-order valence-corrected chi connectivity index (χ4v) is 6.54. The zero-order chi connectivity index (χ0) is 36.0. The molecule has 280 valence electrons. The van der Waals surface area contributed by atoms with Gasteiger partial charge in [0.15, 0.2) is 0 Å². The van der Waals surface area contributed by atoms with Gasteiger partial charge in [0.25, 0.3) is 0 Å². The highest BCUT2D eigenvalue weighted by Gasteiger charge is 2.22. The predicted molar refractivity (Wildman–Crippen MR) is 200 cm³/mol. The highest BCUT2D eigenvalue weighted by atomic mass is 127. The van der Waals surface area contributed by atoms with Crippen molar-refractivity contribution >= 4 is 61.3 Å². The molecule has 48 heavy (non-hydrogen) atoms. The van der Waals surface area contributed by atoms with Crippen molar-refractivity contribution in [3.8, 4) is 0 Å². The number of aliphatic hydroxyl groups excluding tert-OH is 1. The van der Waals surface area contributed by atoms with Gasteiger partial charge in [-0.1, -0.05) is 89.9 Å². The molecular weight excluding hydrogens is 751 g/mol. The van der Waals surface area contributed by atoms with Gasteiger partial charge in [0, 0.05) is 42.0 Å². The lowest BCUT2D eigenvalue weighted by atomic mass is 10.0. The molecule has 14 heteroatoms. The van der Waals surface area contributed by atoms with E-state index in [-0.39, 0.29) is 34.1 Å². The van der Waals surface area contributed by atoms with Crippen molar-refractivity contribution < 1.29 is 39.3 Å². The molecule has 1 unspecified atom stereocenters. The zero-order valence-electron chi connectivity index (χ0n) is 29.0. The van der Waals surface area contributed by atoms with Gasteiger partial charge in [-0.05, 0) is 63.8 Å². The Hall–Kier alpha value is -1.33. The molecule has 8 N–H and O–H groups in total. The van der Waals surface area contributed by atoms with Crippen LogP contribution in [0.2, 0.25) is 0 Å². The Morgan fingerprint density at radius 3 is 1.60 bits per heavy atom. The number of carbonyl (C=O) groups is 5. The first kappa shape index (κ1) is 46.7. The van der Waals surface area contributed by atoms with Crippen LogP contribution in [0.5, 0.6) is 0 Å². The first-order valence-corrected chi connectivity index (χ1v) is 19.9. The number of nitrogens with two attached hydrogens (primary N) is 1. The quantitative estimate of drug-likeness (QED) is 0.0132. The normalized spacial score (nSPS) is 13.8. The summed E-state index contributed by atoms with van der Waals surface area (Å²) in [5.74, 6) is -2.07. The highest BCUT2D eigenvalue weighted by Crippen LogP contribution is 2.15. The number of rotatable bonds is 34. The molecule has 0 aliphatic carbocycles. The van der Waals surface area contributed by atoms with Gasteiger partial charge in [-0.15, -0.1) is 0 Å². The summed E-state index contributed by atoms with van der Waals surface area (Å²) in [4.78, 5) is 57.8. The molecule has 12 nitrogen and oxygen atoms in total. The van der Waals surface area contributed by atoms with E-state index in [1.807, 2.05) is 0 Å². The van der Waals surface area contributed by atoms with Crippen LogP contribution in [-0.2, 0) is 24.0 Å². The fourth-order valence-electron chi connectivity index (χ4n) is 5.19. The number of carboxylic acid groups (broad SMARTS) is 2. The number of halogens is 1. The van der Waals surface area contributed by atoms with E-state index in [2.05, 4.69) is 15.4 Å². The van der Waals surface area contributed by atoms with E-state index in [0.717, 1.165) is 50.5 Å². The Balaban J connectivity index is 3.82. The van der Waals surface area contributed by atoms with Crippen LogP contribution in [0.15, 0.2) is 0 Å². The Morgan fingerprint density at radius 2 is 1.15 bits per heavy atom. The van der Waals surface area contributed by atoms with Gasteiger partial charge in [0.1, 0.15) is 12.3 Å². The molecule has 0 spiro atoms. The van der Waals surface area contributed by atoms with Crippen molar-refractivity contribution in [2.45, 2.75) is 179 Å². The number of carbonyl (C=O) groups excluding carboxylic acids is 3. The summed E-state index contributed by atoms with van der Waals surface area (Å²) in [7, 11) is 0. The highest BCUT2D eigenvalue weighted by molar-refractivity contribution is 14.1. The van der Waals surface area contributed by atoms with E-state index >= 15 is 0 Å². The minimum Gasteiger partial charge on any atom is -0.481 e. The van der Waals surface area contributed by atoms with Crippen LogP contribution in [-0.4, -0.2) is 73.0 Å². The molecule has 0 aliphatic heterocycles. The lowest BCUT2D eigenvalue weighted by Crippen LogP contribution is -2.44. The first-order chi connectivity index (χ1) is 22.9. The molecule has 0 bridgehead atoms. The molecule has 0 saturated heterocycles. The van der Waals surface area contributed by atoms with Crippen molar-refractivity contribution in [2.24, 2.45) is 5.73 Å². The molecule has 0 saturated carbocycles. The van der Waals surface area contributed by atoms with Crippen molar-refractivity contribution in [1.82, 2.24) is 15.4 Å². The Kier molecular flexibility index (Phi) is 30.8. The maximum atomic E-state index is 12.2. The fraction of sp³-hybridized carbons (Fsp3) is 0.853. The molecule has 0 rings (SSSR count). The van der Waals surface area contributed by atoms with E-state index in [1.165, 1.54) is 64.2 Å². The van der Waals surface area contributed by atoms with Crippen LogP contribution in [0, 0.1) is 0 Å². The van der Waals surface area contributed by atoms with Crippen molar-refractivity contribution in [2.75, 3.05) is 6.54 Å². The summed E-state index contributed by atoms with van der Waals surface area (Å²) in [6.07, 6.45) is 20.0. The molecular formula is C34H63IN4O8S. The predicted octanol–water partition coefficient (Wildman–Crippen LogP) is 5.96. The van der Waals surface area contributed by atoms with Gasteiger partial charge in [-0.3, -0.25) is 29.3 Å². The first-order valence-electron chi connectivity index (χ1n) is 18.0. The van der Waals surface area contributed by atoms with E-state index in [9.17, 15) is 34.2 Å². The molecule has 0 radical (unpaired) electrons. The smallest absolute Gasteiger partial charge is 0.320 e. The number of carboxylic acids is 2. The summed E-state index contributed by atoms with van der Waals surface area (Å²) < 4.78 is 2.74. The minimum absolute atomic E-state index is 0.0146. The van der Waals surface area contributed by atoms with Crippen molar-refractivity contribution in [1.29, 1.82) is 0 Å². The number of aliphatic carboxylic acids is 2. The van der Waals surface area contributed by atoms with Crippen LogP contribution in [0.3, 0.4) is 0 Å². The number of hydrogen-bond donors (Lipinski definition) is 7. The number of aliphatic hydroxyl groups is 1.